The zero-order valence-electron chi connectivity index (χ0n) is 14.5. The number of nitrogens with two attached hydrogens (primary N) is 1. The van der Waals surface area contributed by atoms with Gasteiger partial charge in [0.15, 0.2) is 5.82 Å². The second-order valence-corrected chi connectivity index (χ2v) is 7.13. The van der Waals surface area contributed by atoms with E-state index in [0.29, 0.717) is 33.8 Å². The van der Waals surface area contributed by atoms with Crippen LogP contribution < -0.4 is 16.0 Å². The van der Waals surface area contributed by atoms with Crippen LogP contribution in [-0.4, -0.2) is 52.1 Å². The number of hydrogen-bond acceptors (Lipinski definition) is 7. The number of hydrogen-bond donors (Lipinski definition) is 3. The Balaban J connectivity index is 1.71. The standard InChI is InChI=1S/C17H22Cl2N6O/c1-2-11(26)8-21-10-6-7-25(9-10)17-22-16(20)15(23-24-17)12-4-3-5-13(18)14(12)19/h3-5,10-11,21,26H,2,6-9H2,1H3,(H2,20,22,24)/t10-,11-/m1/s1. The number of aromatic nitrogens is 3. The van der Waals surface area contributed by atoms with Crippen LogP contribution in [0, 0.1) is 0 Å². The topological polar surface area (TPSA) is 100 Å². The van der Waals surface area contributed by atoms with Crippen LogP contribution in [0.1, 0.15) is 19.8 Å². The van der Waals surface area contributed by atoms with Crippen molar-refractivity contribution in [1.29, 1.82) is 0 Å². The van der Waals surface area contributed by atoms with Crippen molar-refractivity contribution in [3.05, 3.63) is 28.2 Å². The summed E-state index contributed by atoms with van der Waals surface area (Å²) in [5, 5.41) is 22.3. The molecule has 0 spiro atoms. The van der Waals surface area contributed by atoms with E-state index in [2.05, 4.69) is 20.5 Å². The number of anilines is 2. The van der Waals surface area contributed by atoms with Gasteiger partial charge in [-0.15, -0.1) is 10.2 Å². The fourth-order valence-electron chi connectivity index (χ4n) is 2.90. The molecule has 26 heavy (non-hydrogen) atoms. The first kappa shape index (κ1) is 19.1. The Morgan fingerprint density at radius 3 is 2.92 bits per heavy atom. The molecule has 3 rings (SSSR count). The molecular weight excluding hydrogens is 375 g/mol. The van der Waals surface area contributed by atoms with Crippen LogP contribution in [0.15, 0.2) is 18.2 Å². The first-order valence-corrected chi connectivity index (χ1v) is 9.36. The summed E-state index contributed by atoms with van der Waals surface area (Å²) in [5.41, 5.74) is 7.13. The molecule has 2 heterocycles. The van der Waals surface area contributed by atoms with Gasteiger partial charge in [-0.3, -0.25) is 0 Å². The van der Waals surface area contributed by atoms with Gasteiger partial charge < -0.3 is 21.1 Å². The molecule has 0 unspecified atom stereocenters. The van der Waals surface area contributed by atoms with Gasteiger partial charge in [0.1, 0.15) is 5.69 Å². The Bertz CT molecular complexity index is 775. The van der Waals surface area contributed by atoms with Gasteiger partial charge in [-0.25, -0.2) is 0 Å². The quantitative estimate of drug-likeness (QED) is 0.688. The number of aliphatic hydroxyl groups is 1. The molecule has 1 fully saturated rings. The van der Waals surface area contributed by atoms with E-state index in [4.69, 9.17) is 28.9 Å². The van der Waals surface area contributed by atoms with Crippen LogP contribution >= 0.6 is 23.2 Å². The molecule has 140 valence electrons. The summed E-state index contributed by atoms with van der Waals surface area (Å²) in [7, 11) is 0. The molecule has 0 bridgehead atoms. The Morgan fingerprint density at radius 2 is 2.19 bits per heavy atom. The number of nitrogens with one attached hydrogen (secondary N) is 1. The van der Waals surface area contributed by atoms with Crippen molar-refractivity contribution in [3.63, 3.8) is 0 Å². The molecule has 1 aliphatic rings. The molecule has 9 heteroatoms. The predicted octanol–water partition coefficient (Wildman–Crippen LogP) is 2.37. The number of benzene rings is 1. The number of nitrogens with zero attached hydrogens (tertiary/aromatic N) is 4. The van der Waals surface area contributed by atoms with E-state index in [9.17, 15) is 5.11 Å². The Labute approximate surface area is 162 Å². The number of rotatable bonds is 6. The average Bonchev–Trinajstić information content (AvgIpc) is 3.11. The molecule has 1 aromatic carbocycles. The fraction of sp³-hybridized carbons (Fsp3) is 0.471. The second-order valence-electron chi connectivity index (χ2n) is 6.35. The number of nitrogen functional groups attached to an aromatic ring is 1. The van der Waals surface area contributed by atoms with Crippen molar-refractivity contribution in [1.82, 2.24) is 20.5 Å². The third-order valence-corrected chi connectivity index (χ3v) is 5.31. The molecular formula is C17H22Cl2N6O. The highest BCUT2D eigenvalue weighted by atomic mass is 35.5. The maximum atomic E-state index is 9.67. The van der Waals surface area contributed by atoms with E-state index in [1.54, 1.807) is 18.2 Å². The lowest BCUT2D eigenvalue weighted by molar-refractivity contribution is 0.164. The van der Waals surface area contributed by atoms with Crippen LogP contribution in [0.4, 0.5) is 11.8 Å². The Kier molecular flexibility index (Phi) is 6.13. The van der Waals surface area contributed by atoms with Gasteiger partial charge in [0.2, 0.25) is 5.95 Å². The lowest BCUT2D eigenvalue weighted by Gasteiger charge is -2.18. The molecule has 1 aromatic heterocycles. The SMILES string of the molecule is CC[C@@H](O)CN[C@@H]1CCN(c2nnc(-c3cccc(Cl)c3Cl)c(N)n2)C1. The van der Waals surface area contributed by atoms with Gasteiger partial charge >= 0.3 is 0 Å². The minimum absolute atomic E-state index is 0.261. The largest absolute Gasteiger partial charge is 0.392 e. The van der Waals surface area contributed by atoms with Crippen molar-refractivity contribution in [3.8, 4) is 11.3 Å². The maximum absolute atomic E-state index is 9.67. The van der Waals surface area contributed by atoms with Crippen LogP contribution in [-0.2, 0) is 0 Å². The fourth-order valence-corrected chi connectivity index (χ4v) is 3.29. The van der Waals surface area contributed by atoms with Gasteiger partial charge in [-0.05, 0) is 18.9 Å². The van der Waals surface area contributed by atoms with Crippen molar-refractivity contribution in [2.45, 2.75) is 31.9 Å². The van der Waals surface area contributed by atoms with Gasteiger partial charge in [0.05, 0.1) is 16.1 Å². The minimum atomic E-state index is -0.320. The summed E-state index contributed by atoms with van der Waals surface area (Å²) in [6.45, 7) is 4.10. The molecule has 0 amide bonds. The maximum Gasteiger partial charge on any atom is 0.247 e. The highest BCUT2D eigenvalue weighted by Gasteiger charge is 2.25. The Morgan fingerprint density at radius 1 is 1.38 bits per heavy atom. The van der Waals surface area contributed by atoms with Crippen LogP contribution in [0.5, 0.6) is 0 Å². The highest BCUT2D eigenvalue weighted by molar-refractivity contribution is 6.43. The van der Waals surface area contributed by atoms with Crippen molar-refractivity contribution in [2.75, 3.05) is 30.3 Å². The predicted molar refractivity (Wildman–Crippen MR) is 105 cm³/mol. The third kappa shape index (κ3) is 4.17. The number of halogens is 2. The van der Waals surface area contributed by atoms with E-state index in [-0.39, 0.29) is 18.0 Å². The van der Waals surface area contributed by atoms with Crippen LogP contribution in [0.3, 0.4) is 0 Å². The van der Waals surface area contributed by atoms with E-state index in [0.717, 1.165) is 25.9 Å². The molecule has 0 saturated carbocycles. The highest BCUT2D eigenvalue weighted by Crippen LogP contribution is 2.34. The van der Waals surface area contributed by atoms with Gasteiger partial charge in [0, 0.05) is 31.2 Å². The summed E-state index contributed by atoms with van der Waals surface area (Å²) < 4.78 is 0. The lowest BCUT2D eigenvalue weighted by atomic mass is 10.1. The van der Waals surface area contributed by atoms with E-state index < -0.39 is 0 Å². The summed E-state index contributed by atoms with van der Waals surface area (Å²) in [5.74, 6) is 0.752. The van der Waals surface area contributed by atoms with Gasteiger partial charge in [0.25, 0.3) is 0 Å². The van der Waals surface area contributed by atoms with Crippen molar-refractivity contribution >= 4 is 35.0 Å². The zero-order valence-corrected chi connectivity index (χ0v) is 16.0. The zero-order chi connectivity index (χ0) is 18.7. The second kappa shape index (κ2) is 8.35. The molecule has 2 aromatic rings. The lowest BCUT2D eigenvalue weighted by Crippen LogP contribution is -2.37. The van der Waals surface area contributed by atoms with E-state index in [1.807, 2.05) is 11.8 Å². The smallest absolute Gasteiger partial charge is 0.247 e. The summed E-state index contributed by atoms with van der Waals surface area (Å²) in [6, 6.07) is 5.54. The summed E-state index contributed by atoms with van der Waals surface area (Å²) in [4.78, 5) is 6.43. The van der Waals surface area contributed by atoms with Gasteiger partial charge in [-0.1, -0.05) is 42.3 Å². The first-order chi connectivity index (χ1) is 12.5. The summed E-state index contributed by atoms with van der Waals surface area (Å²) >= 11 is 12.3. The van der Waals surface area contributed by atoms with E-state index >= 15 is 0 Å². The van der Waals surface area contributed by atoms with Crippen LogP contribution in [0.2, 0.25) is 10.0 Å². The molecule has 1 aliphatic heterocycles. The third-order valence-electron chi connectivity index (χ3n) is 4.49. The molecule has 0 aliphatic carbocycles. The van der Waals surface area contributed by atoms with Crippen molar-refractivity contribution < 1.29 is 5.11 Å². The normalized spacial score (nSPS) is 18.3. The molecule has 4 N–H and O–H groups in total. The Hall–Kier alpha value is -1.67. The molecule has 7 nitrogen and oxygen atoms in total. The first-order valence-electron chi connectivity index (χ1n) is 8.60. The number of aliphatic hydroxyl groups excluding tert-OH is 1. The van der Waals surface area contributed by atoms with Gasteiger partial charge in [-0.2, -0.15) is 4.98 Å². The monoisotopic (exact) mass is 396 g/mol. The van der Waals surface area contributed by atoms with Crippen molar-refractivity contribution in [2.24, 2.45) is 0 Å². The minimum Gasteiger partial charge on any atom is -0.392 e. The molecule has 2 atom stereocenters. The van der Waals surface area contributed by atoms with E-state index in [1.165, 1.54) is 0 Å². The molecule has 0 radical (unpaired) electrons. The van der Waals surface area contributed by atoms with Crippen LogP contribution in [0.25, 0.3) is 11.3 Å². The molecule has 1 saturated heterocycles. The summed E-state index contributed by atoms with van der Waals surface area (Å²) in [6.07, 6.45) is 1.36. The average molecular weight is 397 g/mol.